The van der Waals surface area contributed by atoms with E-state index in [4.69, 9.17) is 5.73 Å². The lowest BCUT2D eigenvalue weighted by atomic mass is 10.1. The molecule has 0 aliphatic heterocycles. The van der Waals surface area contributed by atoms with Crippen LogP contribution in [0.1, 0.15) is 16.8 Å². The highest BCUT2D eigenvalue weighted by Crippen LogP contribution is 2.15. The van der Waals surface area contributed by atoms with Crippen LogP contribution in [0.5, 0.6) is 0 Å². The summed E-state index contributed by atoms with van der Waals surface area (Å²) in [6, 6.07) is 12.6. The smallest absolute Gasteiger partial charge is 0.0426 e. The highest BCUT2D eigenvalue weighted by Gasteiger charge is 2.02. The zero-order valence-corrected chi connectivity index (χ0v) is 10.9. The summed E-state index contributed by atoms with van der Waals surface area (Å²) in [7, 11) is 2.09. The van der Waals surface area contributed by atoms with Crippen molar-refractivity contribution in [3.05, 3.63) is 59.4 Å². The predicted octanol–water partition coefficient (Wildman–Crippen LogP) is 2.49. The van der Waals surface area contributed by atoms with Crippen LogP contribution in [0.25, 0.3) is 0 Å². The van der Waals surface area contributed by atoms with Gasteiger partial charge in [0, 0.05) is 37.7 Å². The molecule has 0 saturated carbocycles. The fraction of sp³-hybridized carbons (Fsp3) is 0.267. The summed E-state index contributed by atoms with van der Waals surface area (Å²) in [6.45, 7) is 3.49. The Morgan fingerprint density at radius 3 is 2.39 bits per heavy atom. The van der Waals surface area contributed by atoms with Gasteiger partial charge in [0.05, 0.1) is 0 Å². The summed E-state index contributed by atoms with van der Waals surface area (Å²) in [4.78, 5) is 6.43. The lowest BCUT2D eigenvalue weighted by molar-refractivity contribution is 0.915. The zero-order valence-electron chi connectivity index (χ0n) is 10.9. The molecule has 1 aromatic carbocycles. The monoisotopic (exact) mass is 241 g/mol. The Morgan fingerprint density at radius 2 is 1.78 bits per heavy atom. The summed E-state index contributed by atoms with van der Waals surface area (Å²) in [5, 5.41) is 0. The Bertz CT molecular complexity index is 505. The molecule has 2 aromatic rings. The van der Waals surface area contributed by atoms with Gasteiger partial charge in [-0.1, -0.05) is 24.3 Å². The minimum Gasteiger partial charge on any atom is -0.370 e. The highest BCUT2D eigenvalue weighted by molar-refractivity contribution is 5.46. The fourth-order valence-electron chi connectivity index (χ4n) is 1.91. The van der Waals surface area contributed by atoms with E-state index < -0.39 is 0 Å². The van der Waals surface area contributed by atoms with Gasteiger partial charge >= 0.3 is 0 Å². The molecule has 0 spiro atoms. The van der Waals surface area contributed by atoms with Crippen molar-refractivity contribution in [1.29, 1.82) is 0 Å². The van der Waals surface area contributed by atoms with Gasteiger partial charge in [0.25, 0.3) is 0 Å². The van der Waals surface area contributed by atoms with E-state index in [2.05, 4.69) is 47.3 Å². The molecule has 0 unspecified atom stereocenters. The van der Waals surface area contributed by atoms with Gasteiger partial charge in [-0.05, 0) is 30.2 Å². The zero-order chi connectivity index (χ0) is 13.0. The third-order valence-corrected chi connectivity index (χ3v) is 3.00. The normalized spacial score (nSPS) is 10.4. The van der Waals surface area contributed by atoms with Gasteiger partial charge in [0.1, 0.15) is 0 Å². The highest BCUT2D eigenvalue weighted by atomic mass is 15.1. The van der Waals surface area contributed by atoms with E-state index >= 15 is 0 Å². The lowest BCUT2D eigenvalue weighted by Crippen LogP contribution is -2.16. The van der Waals surface area contributed by atoms with Crippen LogP contribution in [0.15, 0.2) is 42.6 Å². The van der Waals surface area contributed by atoms with Crippen LogP contribution in [-0.4, -0.2) is 12.0 Å². The van der Waals surface area contributed by atoms with Gasteiger partial charge in [-0.25, -0.2) is 0 Å². The van der Waals surface area contributed by atoms with Crippen LogP contribution in [0.3, 0.4) is 0 Å². The lowest BCUT2D eigenvalue weighted by Gasteiger charge is -2.19. The quantitative estimate of drug-likeness (QED) is 0.894. The minimum atomic E-state index is 0.597. The minimum absolute atomic E-state index is 0.597. The molecule has 2 rings (SSSR count). The van der Waals surface area contributed by atoms with Gasteiger partial charge in [0.15, 0.2) is 0 Å². The Labute approximate surface area is 108 Å². The van der Waals surface area contributed by atoms with Crippen LogP contribution >= 0.6 is 0 Å². The molecule has 1 heterocycles. The summed E-state index contributed by atoms with van der Waals surface area (Å²) in [6.07, 6.45) is 1.85. The van der Waals surface area contributed by atoms with E-state index in [9.17, 15) is 0 Å². The van der Waals surface area contributed by atoms with Crippen molar-refractivity contribution < 1.29 is 0 Å². The maximum Gasteiger partial charge on any atom is 0.0426 e. The number of aryl methyl sites for hydroxylation is 1. The van der Waals surface area contributed by atoms with Gasteiger partial charge in [-0.3, -0.25) is 4.98 Å². The average Bonchev–Trinajstić information content (AvgIpc) is 2.39. The van der Waals surface area contributed by atoms with Crippen molar-refractivity contribution in [2.45, 2.75) is 20.0 Å². The first-order valence-electron chi connectivity index (χ1n) is 6.10. The van der Waals surface area contributed by atoms with E-state index in [1.807, 2.05) is 19.2 Å². The van der Waals surface area contributed by atoms with Crippen LogP contribution in [0.2, 0.25) is 0 Å². The number of pyridine rings is 1. The SMILES string of the molecule is Cc1cc(N(C)Cc2ccc(CN)cc2)ccn1. The van der Waals surface area contributed by atoms with Gasteiger partial charge < -0.3 is 10.6 Å². The number of nitrogens with two attached hydrogens (primary N) is 1. The standard InChI is InChI=1S/C15H19N3/c1-12-9-15(7-8-17-12)18(2)11-14-5-3-13(10-16)4-6-14/h3-9H,10-11,16H2,1-2H3. The largest absolute Gasteiger partial charge is 0.370 e. The van der Waals surface area contributed by atoms with Crippen LogP contribution < -0.4 is 10.6 Å². The molecule has 0 aliphatic carbocycles. The molecule has 2 N–H and O–H groups in total. The van der Waals surface area contributed by atoms with Crippen LogP contribution in [0, 0.1) is 6.92 Å². The molecule has 0 aliphatic rings. The molecule has 94 valence electrons. The molecule has 0 fully saturated rings. The molecular weight excluding hydrogens is 222 g/mol. The van der Waals surface area contributed by atoms with E-state index in [0.717, 1.165) is 12.2 Å². The Balaban J connectivity index is 2.08. The Morgan fingerprint density at radius 1 is 1.11 bits per heavy atom. The fourth-order valence-corrected chi connectivity index (χ4v) is 1.91. The molecule has 0 saturated heterocycles. The van der Waals surface area contributed by atoms with Crippen molar-refractivity contribution in [3.63, 3.8) is 0 Å². The number of nitrogens with zero attached hydrogens (tertiary/aromatic N) is 2. The molecule has 3 nitrogen and oxygen atoms in total. The Hall–Kier alpha value is -1.87. The van der Waals surface area contributed by atoms with Gasteiger partial charge in [-0.15, -0.1) is 0 Å². The molecule has 3 heteroatoms. The van der Waals surface area contributed by atoms with Gasteiger partial charge in [-0.2, -0.15) is 0 Å². The number of aromatic nitrogens is 1. The predicted molar refractivity (Wildman–Crippen MR) is 75.4 cm³/mol. The summed E-state index contributed by atoms with van der Waals surface area (Å²) in [5.74, 6) is 0. The second-order valence-electron chi connectivity index (χ2n) is 4.53. The van der Waals surface area contributed by atoms with Crippen molar-refractivity contribution >= 4 is 5.69 Å². The van der Waals surface area contributed by atoms with E-state index in [-0.39, 0.29) is 0 Å². The van der Waals surface area contributed by atoms with Crippen molar-refractivity contribution in [2.75, 3.05) is 11.9 Å². The third kappa shape index (κ3) is 3.08. The molecular formula is C15H19N3. The summed E-state index contributed by atoms with van der Waals surface area (Å²) < 4.78 is 0. The van der Waals surface area contributed by atoms with Crippen molar-refractivity contribution in [3.8, 4) is 0 Å². The van der Waals surface area contributed by atoms with Crippen LogP contribution in [-0.2, 0) is 13.1 Å². The first-order chi connectivity index (χ1) is 8.69. The van der Waals surface area contributed by atoms with Crippen LogP contribution in [0.4, 0.5) is 5.69 Å². The van der Waals surface area contributed by atoms with E-state index in [1.54, 1.807) is 0 Å². The molecule has 1 aromatic heterocycles. The molecule has 0 atom stereocenters. The maximum atomic E-state index is 5.59. The molecule has 0 radical (unpaired) electrons. The second kappa shape index (κ2) is 5.65. The topological polar surface area (TPSA) is 42.1 Å². The second-order valence-corrected chi connectivity index (χ2v) is 4.53. The number of hydrogen-bond donors (Lipinski definition) is 1. The number of anilines is 1. The molecule has 18 heavy (non-hydrogen) atoms. The molecule has 0 amide bonds. The first-order valence-corrected chi connectivity index (χ1v) is 6.10. The van der Waals surface area contributed by atoms with E-state index in [0.29, 0.717) is 6.54 Å². The van der Waals surface area contributed by atoms with E-state index in [1.165, 1.54) is 16.8 Å². The average molecular weight is 241 g/mol. The summed E-state index contributed by atoms with van der Waals surface area (Å²) >= 11 is 0. The summed E-state index contributed by atoms with van der Waals surface area (Å²) in [5.41, 5.74) is 10.3. The maximum absolute atomic E-state index is 5.59. The van der Waals surface area contributed by atoms with Crippen molar-refractivity contribution in [1.82, 2.24) is 4.98 Å². The van der Waals surface area contributed by atoms with Crippen molar-refractivity contribution in [2.24, 2.45) is 5.73 Å². The first kappa shape index (κ1) is 12.6. The number of rotatable bonds is 4. The third-order valence-electron chi connectivity index (χ3n) is 3.00. The number of benzene rings is 1. The Kier molecular flexibility index (Phi) is 3.95. The number of hydrogen-bond acceptors (Lipinski definition) is 3. The van der Waals surface area contributed by atoms with Gasteiger partial charge in [0.2, 0.25) is 0 Å². The molecule has 0 bridgehead atoms.